The maximum atomic E-state index is 11.2. The van der Waals surface area contributed by atoms with Crippen LogP contribution in [-0.4, -0.2) is 29.4 Å². The van der Waals surface area contributed by atoms with E-state index in [9.17, 15) is 18.1 Å². The molecule has 0 aromatic carbocycles. The van der Waals surface area contributed by atoms with Crippen molar-refractivity contribution in [1.29, 1.82) is 0 Å². The van der Waals surface area contributed by atoms with Crippen LogP contribution in [0.15, 0.2) is 0 Å². The molecule has 0 spiro atoms. The Hall–Kier alpha value is 0.870. The van der Waals surface area contributed by atoms with Crippen LogP contribution in [0.1, 0.15) is 97.3 Å². The zero-order valence-corrected chi connectivity index (χ0v) is 18.2. The van der Waals surface area contributed by atoms with Gasteiger partial charge in [0.2, 0.25) is 0 Å². The van der Waals surface area contributed by atoms with Gasteiger partial charge in [-0.25, -0.2) is 8.42 Å². The summed E-state index contributed by atoms with van der Waals surface area (Å²) in [5.74, 6) is 0. The fraction of sp³-hybridized carbons (Fsp3) is 1.00. The van der Waals surface area contributed by atoms with E-state index in [0.717, 1.165) is 25.7 Å². The van der Waals surface area contributed by atoms with Crippen LogP contribution < -0.4 is 29.6 Å². The minimum absolute atomic E-state index is 0. The Morgan fingerprint density at radius 3 is 1.83 bits per heavy atom. The second-order valence-corrected chi connectivity index (χ2v) is 8.05. The monoisotopic (exact) mass is 358 g/mol. The predicted octanol–water partition coefficient (Wildman–Crippen LogP) is 1.38. The molecule has 4 nitrogen and oxygen atoms in total. The van der Waals surface area contributed by atoms with Crippen molar-refractivity contribution in [1.82, 2.24) is 0 Å². The maximum Gasteiger partial charge on any atom is 1.00 e. The van der Waals surface area contributed by atoms with Gasteiger partial charge in [-0.15, -0.1) is 0 Å². The minimum atomic E-state index is -4.23. The fourth-order valence-corrected chi connectivity index (χ4v) is 3.60. The molecule has 134 valence electrons. The van der Waals surface area contributed by atoms with Gasteiger partial charge in [0.1, 0.15) is 0 Å². The number of aliphatic hydroxyl groups excluding tert-OH is 1. The summed E-state index contributed by atoms with van der Waals surface area (Å²) >= 11 is 0. The van der Waals surface area contributed by atoms with Crippen molar-refractivity contribution in [2.24, 2.45) is 0 Å². The number of rotatable bonds is 15. The number of hydrogen-bond acceptors (Lipinski definition) is 4. The van der Waals surface area contributed by atoms with Crippen molar-refractivity contribution in [2.45, 2.75) is 109 Å². The molecule has 0 aromatic heterocycles. The molecule has 0 aromatic rings. The average Bonchev–Trinajstić information content (AvgIpc) is 2.45. The van der Waals surface area contributed by atoms with Crippen LogP contribution in [0.5, 0.6) is 0 Å². The first kappa shape index (κ1) is 26.1. The molecule has 23 heavy (non-hydrogen) atoms. The van der Waals surface area contributed by atoms with Gasteiger partial charge >= 0.3 is 29.6 Å². The molecule has 0 heterocycles. The maximum absolute atomic E-state index is 11.2. The quantitative estimate of drug-likeness (QED) is 0.272. The van der Waals surface area contributed by atoms with Crippen LogP contribution in [-0.2, 0) is 10.1 Å². The molecule has 0 saturated heterocycles. The summed E-state index contributed by atoms with van der Waals surface area (Å²) in [6, 6.07) is 0. The van der Waals surface area contributed by atoms with Crippen LogP contribution >= 0.6 is 0 Å². The van der Waals surface area contributed by atoms with E-state index in [2.05, 4.69) is 6.92 Å². The summed E-state index contributed by atoms with van der Waals surface area (Å²) in [5.41, 5.74) is 0. The van der Waals surface area contributed by atoms with E-state index in [1.165, 1.54) is 32.1 Å². The zero-order valence-electron chi connectivity index (χ0n) is 15.4. The summed E-state index contributed by atoms with van der Waals surface area (Å²) in [6.45, 7) is 4.18. The standard InChI is InChI=1S/C17H36O4S.Na/c1-3-5-7-8-9-10-11-12-16(18)14-15-17(13-6-4-2)22(19,20)21;/h16-18H,3-15H2,1-2H3,(H,19,20,21);/q;+1/p-1. The van der Waals surface area contributed by atoms with Gasteiger partial charge < -0.3 is 9.66 Å². The van der Waals surface area contributed by atoms with E-state index in [-0.39, 0.29) is 29.6 Å². The summed E-state index contributed by atoms with van der Waals surface area (Å²) in [5, 5.41) is 9.11. The SMILES string of the molecule is CCCCCCCCCC(O)CCC(CCCC)S(=O)(=O)[O-].[Na+]. The summed E-state index contributed by atoms with van der Waals surface area (Å²) in [6.07, 6.45) is 11.4. The molecule has 0 radical (unpaired) electrons. The molecule has 0 bridgehead atoms. The van der Waals surface area contributed by atoms with Gasteiger partial charge in [0.15, 0.2) is 0 Å². The Bertz CT molecular complexity index is 347. The molecule has 0 amide bonds. The summed E-state index contributed by atoms with van der Waals surface area (Å²) < 4.78 is 33.6. The van der Waals surface area contributed by atoms with Gasteiger partial charge in [0, 0.05) is 5.25 Å². The smallest absolute Gasteiger partial charge is 0.748 e. The number of hydrogen-bond donors (Lipinski definition) is 1. The van der Waals surface area contributed by atoms with Crippen molar-refractivity contribution in [3.63, 3.8) is 0 Å². The topological polar surface area (TPSA) is 77.4 Å². The molecule has 0 fully saturated rings. The third kappa shape index (κ3) is 16.1. The van der Waals surface area contributed by atoms with Gasteiger partial charge in [-0.3, -0.25) is 0 Å². The molecule has 0 saturated carbocycles. The molecule has 6 heteroatoms. The van der Waals surface area contributed by atoms with Crippen molar-refractivity contribution in [3.8, 4) is 0 Å². The first-order valence-electron chi connectivity index (χ1n) is 9.04. The van der Waals surface area contributed by atoms with Gasteiger partial charge in [0.05, 0.1) is 16.2 Å². The molecule has 1 N–H and O–H groups in total. The van der Waals surface area contributed by atoms with E-state index in [0.29, 0.717) is 25.7 Å². The van der Waals surface area contributed by atoms with E-state index in [4.69, 9.17) is 0 Å². The van der Waals surface area contributed by atoms with Crippen molar-refractivity contribution >= 4 is 10.1 Å². The third-order valence-electron chi connectivity index (χ3n) is 4.25. The summed E-state index contributed by atoms with van der Waals surface area (Å²) in [4.78, 5) is 0. The molecule has 2 unspecified atom stereocenters. The average molecular weight is 359 g/mol. The van der Waals surface area contributed by atoms with Crippen LogP contribution in [0.25, 0.3) is 0 Å². The minimum Gasteiger partial charge on any atom is -0.748 e. The molecular weight excluding hydrogens is 323 g/mol. The van der Waals surface area contributed by atoms with Gasteiger partial charge in [0.25, 0.3) is 0 Å². The Balaban J connectivity index is 0. The molecule has 0 aliphatic carbocycles. The third-order valence-corrected chi connectivity index (χ3v) is 5.54. The fourth-order valence-electron chi connectivity index (χ4n) is 2.72. The summed E-state index contributed by atoms with van der Waals surface area (Å²) in [7, 11) is -4.23. The molecular formula is C17H35NaO4S. The Labute approximate surface area is 165 Å². The van der Waals surface area contributed by atoms with E-state index >= 15 is 0 Å². The van der Waals surface area contributed by atoms with Crippen molar-refractivity contribution in [3.05, 3.63) is 0 Å². The van der Waals surface area contributed by atoms with E-state index in [1.807, 2.05) is 6.92 Å². The Kier molecular flexibility index (Phi) is 18.5. The predicted molar refractivity (Wildman–Crippen MR) is 90.9 cm³/mol. The second kappa shape index (κ2) is 16.3. The molecule has 0 rings (SSSR count). The first-order chi connectivity index (χ1) is 10.4. The van der Waals surface area contributed by atoms with Crippen LogP contribution in [0.3, 0.4) is 0 Å². The van der Waals surface area contributed by atoms with Crippen LogP contribution in [0, 0.1) is 0 Å². The van der Waals surface area contributed by atoms with Crippen molar-refractivity contribution in [2.75, 3.05) is 0 Å². The van der Waals surface area contributed by atoms with Gasteiger partial charge in [-0.2, -0.15) is 0 Å². The molecule has 2 atom stereocenters. The number of unbranched alkanes of at least 4 members (excludes halogenated alkanes) is 7. The second-order valence-electron chi connectivity index (χ2n) is 6.40. The van der Waals surface area contributed by atoms with E-state index in [1.54, 1.807) is 0 Å². The first-order valence-corrected chi connectivity index (χ1v) is 10.5. The van der Waals surface area contributed by atoms with Crippen LogP contribution in [0.2, 0.25) is 0 Å². The Morgan fingerprint density at radius 2 is 1.30 bits per heavy atom. The largest absolute Gasteiger partial charge is 1.00 e. The zero-order chi connectivity index (χ0) is 16.8. The molecule has 0 aliphatic rings. The van der Waals surface area contributed by atoms with Crippen LogP contribution in [0.4, 0.5) is 0 Å². The van der Waals surface area contributed by atoms with Crippen molar-refractivity contribution < 1.29 is 47.6 Å². The molecule has 0 aliphatic heterocycles. The Morgan fingerprint density at radius 1 is 0.783 bits per heavy atom. The van der Waals surface area contributed by atoms with E-state index < -0.39 is 21.5 Å². The van der Waals surface area contributed by atoms with Gasteiger partial charge in [-0.1, -0.05) is 71.6 Å². The van der Waals surface area contributed by atoms with Gasteiger partial charge in [-0.05, 0) is 25.7 Å². The number of aliphatic hydroxyl groups is 1. The normalized spacial score (nSPS) is 14.3.